The third-order valence-corrected chi connectivity index (χ3v) is 4.92. The lowest BCUT2D eigenvalue weighted by atomic mass is 9.92. The molecule has 0 spiro atoms. The highest BCUT2D eigenvalue weighted by Gasteiger charge is 2.25. The van der Waals surface area contributed by atoms with E-state index in [4.69, 9.17) is 28.2 Å². The second kappa shape index (κ2) is 6.11. The van der Waals surface area contributed by atoms with E-state index in [0.29, 0.717) is 10.0 Å². The van der Waals surface area contributed by atoms with E-state index in [0.717, 1.165) is 21.5 Å². The average molecular weight is 368 g/mol. The van der Waals surface area contributed by atoms with Crippen LogP contribution in [-0.2, 0) is 5.41 Å². The van der Waals surface area contributed by atoms with Gasteiger partial charge in [-0.2, -0.15) is 5.10 Å². The molecule has 0 fully saturated rings. The minimum absolute atomic E-state index is 0.129. The van der Waals surface area contributed by atoms with Crippen LogP contribution in [0.4, 0.5) is 10.8 Å². The number of nitrogens with one attached hydrogen (secondary N) is 1. The first-order chi connectivity index (χ1) is 10.9. The first kappa shape index (κ1) is 16.2. The van der Waals surface area contributed by atoms with Crippen molar-refractivity contribution in [3.05, 3.63) is 46.6 Å². The van der Waals surface area contributed by atoms with E-state index in [-0.39, 0.29) is 5.41 Å². The number of hydrogen-bond donors (Lipinski definition) is 1. The molecule has 1 aromatic carbocycles. The fraction of sp³-hybridized carbons (Fsp3) is 0.267. The molecule has 3 rings (SSSR count). The van der Waals surface area contributed by atoms with Crippen LogP contribution in [-0.4, -0.2) is 19.7 Å². The van der Waals surface area contributed by atoms with Gasteiger partial charge in [0.05, 0.1) is 21.4 Å². The number of halogens is 2. The maximum Gasteiger partial charge on any atom is 0.189 e. The van der Waals surface area contributed by atoms with Gasteiger partial charge in [0.1, 0.15) is 17.7 Å². The van der Waals surface area contributed by atoms with Crippen molar-refractivity contribution < 1.29 is 0 Å². The zero-order chi connectivity index (χ0) is 16.6. The fourth-order valence-corrected chi connectivity index (χ4v) is 3.50. The summed E-state index contributed by atoms with van der Waals surface area (Å²) in [5.41, 5.74) is 1.53. The highest BCUT2D eigenvalue weighted by molar-refractivity contribution is 7.18. The minimum atomic E-state index is -0.129. The molecule has 0 saturated heterocycles. The number of hydrogen-bond acceptors (Lipinski definition) is 5. The van der Waals surface area contributed by atoms with E-state index in [1.807, 2.05) is 12.1 Å². The summed E-state index contributed by atoms with van der Waals surface area (Å²) in [6.07, 6.45) is 3.17. The Kier molecular flexibility index (Phi) is 4.31. The van der Waals surface area contributed by atoms with Gasteiger partial charge in [-0.05, 0) is 12.1 Å². The lowest BCUT2D eigenvalue weighted by Crippen LogP contribution is -2.15. The second-order valence-electron chi connectivity index (χ2n) is 5.99. The van der Waals surface area contributed by atoms with Gasteiger partial charge in [-0.15, -0.1) is 0 Å². The molecule has 3 aromatic rings. The van der Waals surface area contributed by atoms with Crippen LogP contribution in [0.5, 0.6) is 0 Å². The number of benzene rings is 1. The Labute approximate surface area is 148 Å². The lowest BCUT2D eigenvalue weighted by molar-refractivity contribution is 0.567. The zero-order valence-electron chi connectivity index (χ0n) is 12.8. The maximum atomic E-state index is 6.23. The minimum Gasteiger partial charge on any atom is -0.330 e. The van der Waals surface area contributed by atoms with Crippen molar-refractivity contribution >= 4 is 45.4 Å². The first-order valence-corrected chi connectivity index (χ1v) is 8.51. The summed E-state index contributed by atoms with van der Waals surface area (Å²) in [5.74, 6) is 0. The maximum absolute atomic E-state index is 6.23. The highest BCUT2D eigenvalue weighted by Crippen LogP contribution is 2.37. The molecule has 120 valence electrons. The van der Waals surface area contributed by atoms with Crippen LogP contribution in [0.2, 0.25) is 10.0 Å². The van der Waals surface area contributed by atoms with Crippen molar-refractivity contribution in [1.29, 1.82) is 0 Å². The molecule has 5 nitrogen and oxygen atoms in total. The second-order valence-corrected chi connectivity index (χ2v) is 7.75. The van der Waals surface area contributed by atoms with Gasteiger partial charge in [0.15, 0.2) is 5.13 Å². The Morgan fingerprint density at radius 1 is 1.22 bits per heavy atom. The Hall–Kier alpha value is -1.63. The summed E-state index contributed by atoms with van der Waals surface area (Å²) in [6.45, 7) is 6.33. The smallest absolute Gasteiger partial charge is 0.189 e. The molecule has 0 aliphatic heterocycles. The zero-order valence-corrected chi connectivity index (χ0v) is 15.2. The standard InChI is InChI=1S/C15H15Cl2N5S/c1-15(2,3)12-13(22-8-18-7-19-22)23-14(21-12)20-10-6-4-5-9(16)11(10)17/h4-8H,1-3H3,(H,20,21). The summed E-state index contributed by atoms with van der Waals surface area (Å²) >= 11 is 13.8. The molecular weight excluding hydrogens is 353 g/mol. The number of rotatable bonds is 3. The first-order valence-electron chi connectivity index (χ1n) is 6.93. The van der Waals surface area contributed by atoms with Crippen molar-refractivity contribution in [2.75, 3.05) is 5.32 Å². The summed E-state index contributed by atoms with van der Waals surface area (Å²) in [5, 5.41) is 10.1. The highest BCUT2D eigenvalue weighted by atomic mass is 35.5. The monoisotopic (exact) mass is 367 g/mol. The van der Waals surface area contributed by atoms with Crippen LogP contribution in [0.3, 0.4) is 0 Å². The third-order valence-electron chi connectivity index (χ3n) is 3.14. The largest absolute Gasteiger partial charge is 0.330 e. The van der Waals surface area contributed by atoms with Gasteiger partial charge in [0, 0.05) is 5.41 Å². The quantitative estimate of drug-likeness (QED) is 0.701. The van der Waals surface area contributed by atoms with Crippen molar-refractivity contribution in [1.82, 2.24) is 19.7 Å². The normalized spacial score (nSPS) is 11.7. The number of thiazole rings is 1. The number of anilines is 2. The molecule has 0 amide bonds. The summed E-state index contributed by atoms with van der Waals surface area (Å²) < 4.78 is 1.73. The van der Waals surface area contributed by atoms with Gasteiger partial charge in [-0.25, -0.2) is 14.6 Å². The SMILES string of the molecule is CC(C)(C)c1nc(Nc2cccc(Cl)c2Cl)sc1-n1cncn1. The molecule has 0 bridgehead atoms. The predicted octanol–water partition coefficient (Wildman–Crippen LogP) is 5.07. The van der Waals surface area contributed by atoms with E-state index in [2.05, 4.69) is 36.2 Å². The molecule has 1 N–H and O–H groups in total. The Bertz CT molecular complexity index is 821. The number of nitrogens with zero attached hydrogens (tertiary/aromatic N) is 4. The van der Waals surface area contributed by atoms with Gasteiger partial charge in [0.2, 0.25) is 0 Å². The molecule has 2 aromatic heterocycles. The summed E-state index contributed by atoms with van der Waals surface area (Å²) in [4.78, 5) is 8.73. The molecule has 0 aliphatic rings. The van der Waals surface area contributed by atoms with Gasteiger partial charge in [-0.3, -0.25) is 0 Å². The molecule has 0 unspecified atom stereocenters. The van der Waals surface area contributed by atoms with Crippen LogP contribution in [0, 0.1) is 0 Å². The summed E-state index contributed by atoms with van der Waals surface area (Å²) in [7, 11) is 0. The molecular formula is C15H15Cl2N5S. The topological polar surface area (TPSA) is 55.6 Å². The van der Waals surface area contributed by atoms with E-state index < -0.39 is 0 Å². The Morgan fingerprint density at radius 2 is 2.00 bits per heavy atom. The van der Waals surface area contributed by atoms with Crippen molar-refractivity contribution in [2.24, 2.45) is 0 Å². The van der Waals surface area contributed by atoms with E-state index >= 15 is 0 Å². The van der Waals surface area contributed by atoms with Gasteiger partial charge < -0.3 is 5.32 Å². The van der Waals surface area contributed by atoms with Crippen molar-refractivity contribution in [3.63, 3.8) is 0 Å². The van der Waals surface area contributed by atoms with Gasteiger partial charge in [0.25, 0.3) is 0 Å². The summed E-state index contributed by atoms with van der Waals surface area (Å²) in [6, 6.07) is 5.45. The number of aromatic nitrogens is 4. The Balaban J connectivity index is 2.03. The van der Waals surface area contributed by atoms with Crippen molar-refractivity contribution in [3.8, 4) is 5.00 Å². The Morgan fingerprint density at radius 3 is 2.65 bits per heavy atom. The van der Waals surface area contributed by atoms with E-state index in [1.165, 1.54) is 17.7 Å². The van der Waals surface area contributed by atoms with Crippen molar-refractivity contribution in [2.45, 2.75) is 26.2 Å². The molecule has 0 radical (unpaired) electrons. The van der Waals surface area contributed by atoms with Gasteiger partial charge in [-0.1, -0.05) is 61.4 Å². The van der Waals surface area contributed by atoms with Gasteiger partial charge >= 0.3 is 0 Å². The van der Waals surface area contributed by atoms with Crippen LogP contribution < -0.4 is 5.32 Å². The predicted molar refractivity (Wildman–Crippen MR) is 95.5 cm³/mol. The molecule has 0 aliphatic carbocycles. The molecule has 0 atom stereocenters. The van der Waals surface area contributed by atoms with E-state index in [1.54, 1.807) is 17.1 Å². The average Bonchev–Trinajstić information content (AvgIpc) is 3.12. The van der Waals surface area contributed by atoms with Crippen LogP contribution >= 0.6 is 34.5 Å². The van der Waals surface area contributed by atoms with E-state index in [9.17, 15) is 0 Å². The molecule has 23 heavy (non-hydrogen) atoms. The third kappa shape index (κ3) is 3.34. The molecule has 0 saturated carbocycles. The lowest BCUT2D eigenvalue weighted by Gasteiger charge is -2.16. The fourth-order valence-electron chi connectivity index (χ4n) is 2.04. The van der Waals surface area contributed by atoms with Crippen LogP contribution in [0.1, 0.15) is 26.5 Å². The van der Waals surface area contributed by atoms with Crippen LogP contribution in [0.25, 0.3) is 5.00 Å². The molecule has 8 heteroatoms. The van der Waals surface area contributed by atoms with Crippen LogP contribution in [0.15, 0.2) is 30.9 Å². The molecule has 2 heterocycles.